The summed E-state index contributed by atoms with van der Waals surface area (Å²) < 4.78 is 10.2. The Morgan fingerprint density at radius 3 is 2.75 bits per heavy atom. The van der Waals surface area contributed by atoms with Crippen LogP contribution in [0.15, 0.2) is 12.7 Å². The summed E-state index contributed by atoms with van der Waals surface area (Å²) in [4.78, 5) is 13.1. The molecule has 1 saturated heterocycles. The molecule has 1 fully saturated rings. The van der Waals surface area contributed by atoms with Gasteiger partial charge in [0.05, 0.1) is 19.8 Å². The average Bonchev–Trinajstić information content (AvgIpc) is 2.34. The number of ether oxygens (including phenoxy) is 2. The van der Waals surface area contributed by atoms with Crippen molar-refractivity contribution in [1.29, 1.82) is 0 Å². The molecule has 0 spiro atoms. The van der Waals surface area contributed by atoms with E-state index in [0.717, 1.165) is 52.1 Å². The number of hydrogen-bond donors (Lipinski definition) is 0. The highest BCUT2D eigenvalue weighted by Crippen LogP contribution is 2.02. The van der Waals surface area contributed by atoms with E-state index in [0.29, 0.717) is 6.61 Å². The Kier molecular flexibility index (Phi) is 6.85. The molecule has 0 unspecified atom stereocenters. The van der Waals surface area contributed by atoms with Gasteiger partial charge < -0.3 is 9.47 Å². The van der Waals surface area contributed by atoms with Gasteiger partial charge in [0.25, 0.3) is 0 Å². The van der Waals surface area contributed by atoms with E-state index in [2.05, 4.69) is 11.5 Å². The van der Waals surface area contributed by atoms with Gasteiger partial charge in [-0.05, 0) is 25.8 Å². The third kappa shape index (κ3) is 5.88. The molecule has 0 aromatic carbocycles. The van der Waals surface area contributed by atoms with Gasteiger partial charge in [0.15, 0.2) is 0 Å². The predicted molar refractivity (Wildman–Crippen MR) is 62.3 cm³/mol. The van der Waals surface area contributed by atoms with Crippen LogP contribution in [0.5, 0.6) is 0 Å². The molecule has 1 heterocycles. The number of nitrogens with zero attached hydrogens (tertiary/aromatic N) is 1. The van der Waals surface area contributed by atoms with Crippen molar-refractivity contribution in [3.63, 3.8) is 0 Å². The highest BCUT2D eigenvalue weighted by Gasteiger charge is 2.08. The maximum Gasteiger partial charge on any atom is 0.330 e. The summed E-state index contributed by atoms with van der Waals surface area (Å²) in [7, 11) is 0. The van der Waals surface area contributed by atoms with Crippen LogP contribution in [-0.4, -0.2) is 50.3 Å². The lowest BCUT2D eigenvalue weighted by Crippen LogP contribution is -2.36. The monoisotopic (exact) mass is 227 g/mol. The zero-order valence-corrected chi connectivity index (χ0v) is 9.82. The number of morpholine rings is 1. The van der Waals surface area contributed by atoms with Crippen molar-refractivity contribution < 1.29 is 14.3 Å². The zero-order chi connectivity index (χ0) is 11.6. The molecule has 92 valence electrons. The Morgan fingerprint density at radius 1 is 1.31 bits per heavy atom. The molecule has 4 heteroatoms. The summed E-state index contributed by atoms with van der Waals surface area (Å²) >= 11 is 0. The highest BCUT2D eigenvalue weighted by atomic mass is 16.5. The van der Waals surface area contributed by atoms with Crippen LogP contribution in [0.25, 0.3) is 0 Å². The number of unbranched alkanes of at least 4 members (excludes halogenated alkanes) is 2. The van der Waals surface area contributed by atoms with Gasteiger partial charge in [-0.3, -0.25) is 4.90 Å². The molecule has 4 nitrogen and oxygen atoms in total. The Balaban J connectivity index is 1.87. The molecule has 0 aromatic rings. The van der Waals surface area contributed by atoms with Crippen LogP contribution in [0.4, 0.5) is 0 Å². The van der Waals surface area contributed by atoms with Gasteiger partial charge in [-0.2, -0.15) is 0 Å². The Bertz CT molecular complexity index is 212. The van der Waals surface area contributed by atoms with E-state index in [-0.39, 0.29) is 5.97 Å². The van der Waals surface area contributed by atoms with Crippen molar-refractivity contribution in [3.8, 4) is 0 Å². The molecule has 16 heavy (non-hydrogen) atoms. The van der Waals surface area contributed by atoms with Gasteiger partial charge in [-0.25, -0.2) is 4.79 Å². The van der Waals surface area contributed by atoms with Crippen LogP contribution in [0.2, 0.25) is 0 Å². The first-order chi connectivity index (χ1) is 7.83. The molecule has 0 aliphatic carbocycles. The molecular weight excluding hydrogens is 206 g/mol. The first-order valence-electron chi connectivity index (χ1n) is 5.92. The minimum atomic E-state index is -0.326. The quantitative estimate of drug-likeness (QED) is 0.372. The van der Waals surface area contributed by atoms with E-state index in [1.165, 1.54) is 6.08 Å². The summed E-state index contributed by atoms with van der Waals surface area (Å²) in [5.74, 6) is -0.326. The molecule has 0 amide bonds. The fraction of sp³-hybridized carbons (Fsp3) is 0.750. The fourth-order valence-electron chi connectivity index (χ4n) is 1.67. The molecule has 0 atom stereocenters. The molecule has 1 aliphatic heterocycles. The van der Waals surface area contributed by atoms with Crippen molar-refractivity contribution >= 4 is 5.97 Å². The molecule has 0 saturated carbocycles. The van der Waals surface area contributed by atoms with E-state index in [4.69, 9.17) is 9.47 Å². The van der Waals surface area contributed by atoms with Crippen molar-refractivity contribution in [2.24, 2.45) is 0 Å². The standard InChI is InChI=1S/C12H21NO3/c1-2-12(14)16-9-5-3-4-6-13-7-10-15-11-8-13/h2H,1,3-11H2. The van der Waals surface area contributed by atoms with Crippen molar-refractivity contribution in [1.82, 2.24) is 4.90 Å². The number of carbonyl (C=O) groups is 1. The van der Waals surface area contributed by atoms with Crippen LogP contribution < -0.4 is 0 Å². The van der Waals surface area contributed by atoms with E-state index in [9.17, 15) is 4.79 Å². The second-order valence-electron chi connectivity index (χ2n) is 3.89. The summed E-state index contributed by atoms with van der Waals surface area (Å²) in [6.07, 6.45) is 4.39. The van der Waals surface area contributed by atoms with Crippen molar-refractivity contribution in [3.05, 3.63) is 12.7 Å². The van der Waals surface area contributed by atoms with Crippen LogP contribution in [0.3, 0.4) is 0 Å². The first-order valence-corrected chi connectivity index (χ1v) is 5.92. The van der Waals surface area contributed by atoms with Gasteiger partial charge in [-0.15, -0.1) is 0 Å². The molecule has 1 rings (SSSR count). The van der Waals surface area contributed by atoms with Gasteiger partial charge >= 0.3 is 5.97 Å². The van der Waals surface area contributed by atoms with Crippen LogP contribution in [-0.2, 0) is 14.3 Å². The summed E-state index contributed by atoms with van der Waals surface area (Å²) in [6, 6.07) is 0. The summed E-state index contributed by atoms with van der Waals surface area (Å²) in [5, 5.41) is 0. The third-order valence-corrected chi connectivity index (χ3v) is 2.63. The van der Waals surface area contributed by atoms with Crippen LogP contribution in [0, 0.1) is 0 Å². The third-order valence-electron chi connectivity index (χ3n) is 2.63. The minimum Gasteiger partial charge on any atom is -0.463 e. The zero-order valence-electron chi connectivity index (χ0n) is 9.82. The highest BCUT2D eigenvalue weighted by molar-refractivity contribution is 5.81. The van der Waals surface area contributed by atoms with Crippen molar-refractivity contribution in [2.45, 2.75) is 19.3 Å². The first kappa shape index (κ1) is 13.2. The Morgan fingerprint density at radius 2 is 2.06 bits per heavy atom. The van der Waals surface area contributed by atoms with Gasteiger partial charge in [0.2, 0.25) is 0 Å². The number of esters is 1. The Labute approximate surface area is 97.2 Å². The fourth-order valence-corrected chi connectivity index (χ4v) is 1.67. The lowest BCUT2D eigenvalue weighted by atomic mass is 10.2. The second-order valence-corrected chi connectivity index (χ2v) is 3.89. The summed E-state index contributed by atoms with van der Waals surface area (Å²) in [5.41, 5.74) is 0. The SMILES string of the molecule is C=CC(=O)OCCCCCN1CCOCC1. The summed E-state index contributed by atoms with van der Waals surface area (Å²) in [6.45, 7) is 8.79. The normalized spacial score (nSPS) is 17.0. The second kappa shape index (κ2) is 8.30. The maximum absolute atomic E-state index is 10.7. The van der Waals surface area contributed by atoms with Gasteiger partial charge in [0.1, 0.15) is 0 Å². The van der Waals surface area contributed by atoms with Gasteiger partial charge in [-0.1, -0.05) is 6.58 Å². The predicted octanol–water partition coefficient (Wildman–Crippen LogP) is 1.22. The van der Waals surface area contributed by atoms with E-state index >= 15 is 0 Å². The number of rotatable bonds is 7. The van der Waals surface area contributed by atoms with E-state index < -0.39 is 0 Å². The molecule has 0 N–H and O–H groups in total. The van der Waals surface area contributed by atoms with E-state index in [1.54, 1.807) is 0 Å². The topological polar surface area (TPSA) is 38.8 Å². The van der Waals surface area contributed by atoms with Gasteiger partial charge in [0, 0.05) is 19.2 Å². The number of hydrogen-bond acceptors (Lipinski definition) is 4. The Hall–Kier alpha value is -0.870. The average molecular weight is 227 g/mol. The lowest BCUT2D eigenvalue weighted by Gasteiger charge is -2.26. The molecular formula is C12H21NO3. The lowest BCUT2D eigenvalue weighted by molar-refractivity contribution is -0.137. The maximum atomic E-state index is 10.7. The minimum absolute atomic E-state index is 0.326. The number of carbonyl (C=O) groups excluding carboxylic acids is 1. The van der Waals surface area contributed by atoms with Crippen molar-refractivity contribution in [2.75, 3.05) is 39.5 Å². The van der Waals surface area contributed by atoms with E-state index in [1.807, 2.05) is 0 Å². The molecule has 0 aromatic heterocycles. The van der Waals surface area contributed by atoms with Crippen LogP contribution in [0.1, 0.15) is 19.3 Å². The molecule has 1 aliphatic rings. The van der Waals surface area contributed by atoms with Crippen LogP contribution >= 0.6 is 0 Å². The molecule has 0 radical (unpaired) electrons. The molecule has 0 bridgehead atoms. The smallest absolute Gasteiger partial charge is 0.330 e. The largest absolute Gasteiger partial charge is 0.463 e.